The van der Waals surface area contributed by atoms with Gasteiger partial charge in [0.15, 0.2) is 0 Å². The van der Waals surface area contributed by atoms with Crippen LogP contribution >= 0.6 is 50.5 Å². The SMILES string of the molecule is CC1C(=O)Nc2ccccc2N1S(=O)(=O)c1c(Cl)sc(Cl)c1Br. The number of benzene rings is 1. The fourth-order valence-corrected chi connectivity index (χ4v) is 7.45. The van der Waals surface area contributed by atoms with Gasteiger partial charge in [-0.2, -0.15) is 0 Å². The third kappa shape index (κ3) is 2.66. The summed E-state index contributed by atoms with van der Waals surface area (Å²) in [4.78, 5) is 12.0. The van der Waals surface area contributed by atoms with E-state index in [9.17, 15) is 13.2 Å². The van der Waals surface area contributed by atoms with Gasteiger partial charge in [0.05, 0.1) is 15.8 Å². The molecule has 0 saturated carbocycles. The Balaban J connectivity index is 2.25. The first-order valence-corrected chi connectivity index (χ1v) is 10.1. The van der Waals surface area contributed by atoms with Crippen molar-refractivity contribution in [1.29, 1.82) is 0 Å². The van der Waals surface area contributed by atoms with Crippen LogP contribution < -0.4 is 9.62 Å². The van der Waals surface area contributed by atoms with Gasteiger partial charge in [0, 0.05) is 0 Å². The first-order valence-electron chi connectivity index (χ1n) is 6.32. The summed E-state index contributed by atoms with van der Waals surface area (Å²) in [7, 11) is -4.08. The molecule has 1 aliphatic rings. The van der Waals surface area contributed by atoms with Crippen molar-refractivity contribution in [2.45, 2.75) is 17.9 Å². The van der Waals surface area contributed by atoms with E-state index in [1.165, 1.54) is 6.92 Å². The van der Waals surface area contributed by atoms with Gasteiger partial charge in [-0.15, -0.1) is 11.3 Å². The maximum atomic E-state index is 13.1. The molecule has 1 aliphatic heterocycles. The zero-order valence-corrected chi connectivity index (χ0v) is 16.2. The molecule has 0 fully saturated rings. The summed E-state index contributed by atoms with van der Waals surface area (Å²) < 4.78 is 27.8. The topological polar surface area (TPSA) is 66.5 Å². The lowest BCUT2D eigenvalue weighted by Crippen LogP contribution is -2.49. The molecule has 0 bridgehead atoms. The highest BCUT2D eigenvalue weighted by atomic mass is 79.9. The van der Waals surface area contributed by atoms with Crippen LogP contribution in [-0.4, -0.2) is 20.4 Å². The summed E-state index contributed by atoms with van der Waals surface area (Å²) in [5.74, 6) is -0.416. The summed E-state index contributed by atoms with van der Waals surface area (Å²) >= 11 is 16.1. The van der Waals surface area contributed by atoms with Crippen LogP contribution in [0.25, 0.3) is 0 Å². The second-order valence-electron chi connectivity index (χ2n) is 4.78. The second kappa shape index (κ2) is 5.93. The molecule has 0 aliphatic carbocycles. The van der Waals surface area contributed by atoms with Crippen LogP contribution in [0.3, 0.4) is 0 Å². The Morgan fingerprint density at radius 1 is 1.26 bits per heavy atom. The Labute approximate surface area is 155 Å². The lowest BCUT2D eigenvalue weighted by Gasteiger charge is -2.35. The monoisotopic (exact) mass is 454 g/mol. The van der Waals surface area contributed by atoms with E-state index in [-0.39, 0.29) is 18.0 Å². The minimum atomic E-state index is -4.08. The Kier molecular flexibility index (Phi) is 4.39. The quantitative estimate of drug-likeness (QED) is 0.731. The van der Waals surface area contributed by atoms with Crippen molar-refractivity contribution in [2.75, 3.05) is 9.62 Å². The average molecular weight is 456 g/mol. The highest BCUT2D eigenvalue weighted by Crippen LogP contribution is 2.46. The summed E-state index contributed by atoms with van der Waals surface area (Å²) in [6, 6.07) is 5.75. The van der Waals surface area contributed by atoms with E-state index < -0.39 is 22.0 Å². The third-order valence-electron chi connectivity index (χ3n) is 3.38. The number of anilines is 2. The number of nitrogens with one attached hydrogen (secondary N) is 1. The highest BCUT2D eigenvalue weighted by molar-refractivity contribution is 9.10. The van der Waals surface area contributed by atoms with Crippen molar-refractivity contribution < 1.29 is 13.2 Å². The number of thiophene rings is 1. The zero-order chi connectivity index (χ0) is 16.9. The standard InChI is InChI=1S/C13H9BrCl2N2O3S2/c1-6-13(19)17-7-4-2-3-5-8(7)18(6)23(20,21)10-9(14)11(15)22-12(10)16/h2-6H,1H3,(H,17,19). The number of halogens is 3. The fraction of sp³-hybridized carbons (Fsp3) is 0.154. The highest BCUT2D eigenvalue weighted by Gasteiger charge is 2.41. The van der Waals surface area contributed by atoms with Crippen LogP contribution in [0.2, 0.25) is 8.67 Å². The number of rotatable bonds is 2. The van der Waals surface area contributed by atoms with Gasteiger partial charge in [-0.1, -0.05) is 35.3 Å². The van der Waals surface area contributed by atoms with Crippen molar-refractivity contribution in [3.05, 3.63) is 37.4 Å². The van der Waals surface area contributed by atoms with E-state index in [1.807, 2.05) is 0 Å². The van der Waals surface area contributed by atoms with Gasteiger partial charge in [-0.25, -0.2) is 8.42 Å². The van der Waals surface area contributed by atoms with Crippen LogP contribution in [0.5, 0.6) is 0 Å². The molecule has 0 spiro atoms. The Hall–Kier alpha value is -0.800. The molecular weight excluding hydrogens is 447 g/mol. The summed E-state index contributed by atoms with van der Waals surface area (Å²) in [6.07, 6.45) is 0. The minimum absolute atomic E-state index is 0.0394. The maximum Gasteiger partial charge on any atom is 0.268 e. The van der Waals surface area contributed by atoms with Crippen LogP contribution in [0.1, 0.15) is 6.92 Å². The van der Waals surface area contributed by atoms with E-state index in [0.29, 0.717) is 11.4 Å². The lowest BCUT2D eigenvalue weighted by molar-refractivity contribution is -0.117. The van der Waals surface area contributed by atoms with Crippen molar-refractivity contribution in [3.63, 3.8) is 0 Å². The van der Waals surface area contributed by atoms with Gasteiger partial charge in [0.25, 0.3) is 10.0 Å². The zero-order valence-electron chi connectivity index (χ0n) is 11.5. The fourth-order valence-electron chi connectivity index (χ4n) is 2.32. The molecule has 1 amide bonds. The summed E-state index contributed by atoms with van der Waals surface area (Å²) in [5, 5.41) is 2.68. The molecule has 0 saturated heterocycles. The molecular formula is C13H9BrCl2N2O3S2. The van der Waals surface area contributed by atoms with E-state index in [4.69, 9.17) is 23.2 Å². The Morgan fingerprint density at radius 3 is 2.52 bits per heavy atom. The largest absolute Gasteiger partial charge is 0.322 e. The molecule has 1 atom stereocenters. The smallest absolute Gasteiger partial charge is 0.268 e. The number of nitrogens with zero attached hydrogens (tertiary/aromatic N) is 1. The molecule has 0 radical (unpaired) electrons. The molecule has 1 unspecified atom stereocenters. The number of fused-ring (bicyclic) bond motifs is 1. The molecule has 122 valence electrons. The predicted molar refractivity (Wildman–Crippen MR) is 96.2 cm³/mol. The first-order chi connectivity index (χ1) is 10.7. The Morgan fingerprint density at radius 2 is 1.91 bits per heavy atom. The molecule has 1 aromatic carbocycles. The molecule has 10 heteroatoms. The number of hydrogen-bond acceptors (Lipinski definition) is 4. The summed E-state index contributed by atoms with van der Waals surface area (Å²) in [5.41, 5.74) is 0.803. The second-order valence-corrected chi connectivity index (χ2v) is 9.55. The van der Waals surface area contributed by atoms with Gasteiger partial charge >= 0.3 is 0 Å². The molecule has 2 aromatic rings. The van der Waals surface area contributed by atoms with Gasteiger partial charge in [-0.05, 0) is 35.0 Å². The van der Waals surface area contributed by atoms with Crippen molar-refractivity contribution >= 4 is 77.8 Å². The van der Waals surface area contributed by atoms with Crippen LogP contribution in [0.15, 0.2) is 33.6 Å². The van der Waals surface area contributed by atoms with Crippen LogP contribution in [-0.2, 0) is 14.8 Å². The predicted octanol–water partition coefficient (Wildman–Crippen LogP) is 4.35. The Bertz CT molecular complexity index is 914. The van der Waals surface area contributed by atoms with Crippen molar-refractivity contribution in [3.8, 4) is 0 Å². The number of hydrogen-bond donors (Lipinski definition) is 1. The summed E-state index contributed by atoms with van der Waals surface area (Å²) in [6.45, 7) is 1.51. The van der Waals surface area contributed by atoms with Crippen LogP contribution in [0, 0.1) is 0 Å². The molecule has 1 aromatic heterocycles. The van der Waals surface area contributed by atoms with Crippen molar-refractivity contribution in [1.82, 2.24) is 0 Å². The third-order valence-corrected chi connectivity index (χ3v) is 8.73. The minimum Gasteiger partial charge on any atom is -0.322 e. The molecule has 1 N–H and O–H groups in total. The number of carbonyl (C=O) groups excluding carboxylic acids is 1. The van der Waals surface area contributed by atoms with Gasteiger partial charge < -0.3 is 5.32 Å². The van der Waals surface area contributed by atoms with E-state index in [1.54, 1.807) is 24.3 Å². The molecule has 5 nitrogen and oxygen atoms in total. The number of para-hydroxylation sites is 2. The van der Waals surface area contributed by atoms with Gasteiger partial charge in [0.1, 0.15) is 19.6 Å². The molecule has 23 heavy (non-hydrogen) atoms. The number of sulfonamides is 1. The van der Waals surface area contributed by atoms with Gasteiger partial charge in [0.2, 0.25) is 5.91 Å². The van der Waals surface area contributed by atoms with Crippen LogP contribution in [0.4, 0.5) is 11.4 Å². The molecule has 2 heterocycles. The van der Waals surface area contributed by atoms with Gasteiger partial charge in [-0.3, -0.25) is 9.10 Å². The van der Waals surface area contributed by atoms with Crippen molar-refractivity contribution in [2.24, 2.45) is 0 Å². The number of amides is 1. The maximum absolute atomic E-state index is 13.1. The lowest BCUT2D eigenvalue weighted by atomic mass is 10.1. The number of carbonyl (C=O) groups is 1. The average Bonchev–Trinajstić information content (AvgIpc) is 2.73. The first kappa shape index (κ1) is 17.0. The van der Waals surface area contributed by atoms with E-state index in [0.717, 1.165) is 15.6 Å². The van der Waals surface area contributed by atoms with E-state index >= 15 is 0 Å². The van der Waals surface area contributed by atoms with E-state index in [2.05, 4.69) is 21.2 Å². The normalized spacial score (nSPS) is 17.8. The molecule has 3 rings (SSSR count).